The first-order valence-corrected chi connectivity index (χ1v) is 8.74. The van der Waals surface area contributed by atoms with Crippen LogP contribution in [0.4, 0.5) is 10.1 Å². The first kappa shape index (κ1) is 18.9. The van der Waals surface area contributed by atoms with E-state index in [1.54, 1.807) is 4.68 Å². The van der Waals surface area contributed by atoms with Crippen molar-refractivity contribution in [2.75, 3.05) is 11.9 Å². The number of carbonyl (C=O) groups is 1. The van der Waals surface area contributed by atoms with Gasteiger partial charge in [0.2, 0.25) is 0 Å². The molecule has 1 aromatic heterocycles. The second-order valence-electron chi connectivity index (χ2n) is 6.20. The van der Waals surface area contributed by atoms with Gasteiger partial charge in [0.25, 0.3) is 5.91 Å². The first-order valence-electron chi connectivity index (χ1n) is 8.36. The van der Waals surface area contributed by atoms with Crippen molar-refractivity contribution in [1.82, 2.24) is 9.78 Å². The van der Waals surface area contributed by atoms with E-state index in [4.69, 9.17) is 16.3 Å². The van der Waals surface area contributed by atoms with Crippen molar-refractivity contribution in [3.63, 3.8) is 0 Å². The highest BCUT2D eigenvalue weighted by Gasteiger charge is 2.16. The van der Waals surface area contributed by atoms with Gasteiger partial charge in [-0.15, -0.1) is 0 Å². The Morgan fingerprint density at radius 2 is 1.89 bits per heavy atom. The summed E-state index contributed by atoms with van der Waals surface area (Å²) >= 11 is 5.90. The van der Waals surface area contributed by atoms with E-state index in [0.717, 1.165) is 23.0 Å². The molecule has 0 aliphatic rings. The molecule has 1 amide bonds. The average molecular weight is 388 g/mol. The smallest absolute Gasteiger partial charge is 0.262 e. The second-order valence-corrected chi connectivity index (χ2v) is 6.61. The third kappa shape index (κ3) is 4.28. The number of hydrogen-bond acceptors (Lipinski definition) is 3. The zero-order valence-electron chi connectivity index (χ0n) is 15.2. The van der Waals surface area contributed by atoms with Gasteiger partial charge in [0.1, 0.15) is 11.6 Å². The highest BCUT2D eigenvalue weighted by atomic mass is 35.5. The highest BCUT2D eigenvalue weighted by Crippen LogP contribution is 2.25. The minimum absolute atomic E-state index is 0.113. The minimum Gasteiger partial charge on any atom is -0.482 e. The van der Waals surface area contributed by atoms with Gasteiger partial charge in [-0.25, -0.2) is 9.07 Å². The van der Waals surface area contributed by atoms with Crippen LogP contribution in [0, 0.1) is 26.6 Å². The number of halogens is 2. The van der Waals surface area contributed by atoms with Crippen molar-refractivity contribution in [1.29, 1.82) is 0 Å². The topological polar surface area (TPSA) is 56.2 Å². The minimum atomic E-state index is -0.466. The Bertz CT molecular complexity index is 984. The maximum atomic E-state index is 13.1. The number of benzene rings is 2. The Kier molecular flexibility index (Phi) is 5.46. The molecule has 5 nitrogen and oxygen atoms in total. The monoisotopic (exact) mass is 387 g/mol. The van der Waals surface area contributed by atoms with Crippen LogP contribution in [0.25, 0.3) is 5.69 Å². The Morgan fingerprint density at radius 3 is 2.56 bits per heavy atom. The Labute approximate surface area is 161 Å². The number of nitrogens with zero attached hydrogens (tertiary/aromatic N) is 2. The summed E-state index contributed by atoms with van der Waals surface area (Å²) < 4.78 is 20.2. The van der Waals surface area contributed by atoms with Crippen molar-refractivity contribution < 1.29 is 13.9 Å². The number of ether oxygens (including phenoxy) is 1. The van der Waals surface area contributed by atoms with Crippen molar-refractivity contribution in [2.24, 2.45) is 0 Å². The number of aryl methyl sites for hydroxylation is 2. The van der Waals surface area contributed by atoms with Crippen LogP contribution in [0.3, 0.4) is 0 Å². The van der Waals surface area contributed by atoms with Gasteiger partial charge in [-0.2, -0.15) is 5.10 Å². The first-order chi connectivity index (χ1) is 12.8. The predicted molar refractivity (Wildman–Crippen MR) is 103 cm³/mol. The molecule has 3 rings (SSSR count). The van der Waals surface area contributed by atoms with E-state index in [2.05, 4.69) is 10.4 Å². The van der Waals surface area contributed by atoms with Crippen LogP contribution in [-0.4, -0.2) is 22.3 Å². The lowest BCUT2D eigenvalue weighted by Gasteiger charge is -2.09. The summed E-state index contributed by atoms with van der Waals surface area (Å²) in [5.74, 6) is -0.575. The van der Waals surface area contributed by atoms with Crippen LogP contribution in [0.15, 0.2) is 42.5 Å². The largest absolute Gasteiger partial charge is 0.482 e. The molecule has 140 valence electrons. The number of anilines is 1. The summed E-state index contributed by atoms with van der Waals surface area (Å²) in [6, 6.07) is 11.7. The molecule has 0 atom stereocenters. The number of hydrogen-bond donors (Lipinski definition) is 1. The average Bonchev–Trinajstić information content (AvgIpc) is 2.90. The molecule has 1 heterocycles. The molecule has 0 aliphatic heterocycles. The lowest BCUT2D eigenvalue weighted by Crippen LogP contribution is -2.21. The Balaban J connectivity index is 1.71. The molecule has 1 N–H and O–H groups in total. The number of nitrogens with one attached hydrogen (secondary N) is 1. The fourth-order valence-electron chi connectivity index (χ4n) is 2.67. The lowest BCUT2D eigenvalue weighted by atomic mass is 10.2. The van der Waals surface area contributed by atoms with Crippen molar-refractivity contribution in [3.05, 3.63) is 70.3 Å². The fraction of sp³-hybridized carbons (Fsp3) is 0.200. The van der Waals surface area contributed by atoms with Crippen LogP contribution in [0.1, 0.15) is 17.0 Å². The van der Waals surface area contributed by atoms with Crippen LogP contribution >= 0.6 is 11.6 Å². The van der Waals surface area contributed by atoms with Gasteiger partial charge in [-0.3, -0.25) is 4.79 Å². The molecule has 27 heavy (non-hydrogen) atoms. The van der Waals surface area contributed by atoms with Gasteiger partial charge in [0.05, 0.1) is 27.8 Å². The summed E-state index contributed by atoms with van der Waals surface area (Å²) in [5.41, 5.74) is 4.21. The molecule has 0 unspecified atom stereocenters. The number of carbonyl (C=O) groups excluding carboxylic acids is 1. The standard InChI is InChI=1S/C20H19ClFN3O2/c1-12-4-7-16(8-5-12)25-14(3)20(13(2)24-25)23-19(26)11-27-18-9-6-15(22)10-17(18)21/h4-10H,11H2,1-3H3,(H,23,26). The summed E-state index contributed by atoms with van der Waals surface area (Å²) in [6.45, 7) is 5.47. The van der Waals surface area contributed by atoms with Crippen LogP contribution in [0.5, 0.6) is 5.75 Å². The Morgan fingerprint density at radius 1 is 1.19 bits per heavy atom. The number of amides is 1. The van der Waals surface area contributed by atoms with E-state index in [9.17, 15) is 9.18 Å². The van der Waals surface area contributed by atoms with E-state index in [1.165, 1.54) is 12.1 Å². The van der Waals surface area contributed by atoms with E-state index >= 15 is 0 Å². The SMILES string of the molecule is Cc1ccc(-n2nc(C)c(NC(=O)COc3ccc(F)cc3Cl)c2C)cc1. The summed E-state index contributed by atoms with van der Waals surface area (Å²) in [4.78, 5) is 12.3. The maximum absolute atomic E-state index is 13.1. The summed E-state index contributed by atoms with van der Waals surface area (Å²) in [5, 5.41) is 7.43. The second kappa shape index (κ2) is 7.80. The van der Waals surface area contributed by atoms with Gasteiger partial charge in [0, 0.05) is 0 Å². The lowest BCUT2D eigenvalue weighted by molar-refractivity contribution is -0.118. The molecular weight excluding hydrogens is 369 g/mol. The van der Waals surface area contributed by atoms with E-state index in [1.807, 2.05) is 45.0 Å². The molecule has 0 saturated carbocycles. The van der Waals surface area contributed by atoms with Gasteiger partial charge in [-0.1, -0.05) is 29.3 Å². The van der Waals surface area contributed by atoms with Crippen LogP contribution in [0.2, 0.25) is 5.02 Å². The Hall–Kier alpha value is -2.86. The van der Waals surface area contributed by atoms with Crippen molar-refractivity contribution >= 4 is 23.2 Å². The van der Waals surface area contributed by atoms with Crippen molar-refractivity contribution in [3.8, 4) is 11.4 Å². The third-order valence-electron chi connectivity index (χ3n) is 4.09. The molecule has 0 saturated heterocycles. The van der Waals surface area contributed by atoms with Crippen LogP contribution < -0.4 is 10.1 Å². The number of aromatic nitrogens is 2. The molecule has 0 radical (unpaired) electrons. The van der Waals surface area contributed by atoms with E-state index < -0.39 is 5.82 Å². The summed E-state index contributed by atoms with van der Waals surface area (Å²) in [7, 11) is 0. The number of rotatable bonds is 5. The van der Waals surface area contributed by atoms with Crippen LogP contribution in [-0.2, 0) is 4.79 Å². The van der Waals surface area contributed by atoms with Gasteiger partial charge >= 0.3 is 0 Å². The maximum Gasteiger partial charge on any atom is 0.262 e. The summed E-state index contributed by atoms with van der Waals surface area (Å²) in [6.07, 6.45) is 0. The molecule has 7 heteroatoms. The molecule has 0 bridgehead atoms. The third-order valence-corrected chi connectivity index (χ3v) is 4.38. The molecule has 3 aromatic rings. The molecule has 0 fully saturated rings. The van der Waals surface area contributed by atoms with Crippen molar-refractivity contribution in [2.45, 2.75) is 20.8 Å². The molecule has 0 spiro atoms. The molecule has 2 aromatic carbocycles. The zero-order valence-corrected chi connectivity index (χ0v) is 16.0. The quantitative estimate of drug-likeness (QED) is 0.695. The molecule has 0 aliphatic carbocycles. The van der Waals surface area contributed by atoms with E-state index in [0.29, 0.717) is 11.4 Å². The normalized spacial score (nSPS) is 10.7. The fourth-order valence-corrected chi connectivity index (χ4v) is 2.89. The van der Waals surface area contributed by atoms with Gasteiger partial charge in [0.15, 0.2) is 6.61 Å². The highest BCUT2D eigenvalue weighted by molar-refractivity contribution is 6.32. The van der Waals surface area contributed by atoms with E-state index in [-0.39, 0.29) is 23.3 Å². The predicted octanol–water partition coefficient (Wildman–Crippen LogP) is 4.61. The van der Waals surface area contributed by atoms with Gasteiger partial charge in [-0.05, 0) is 51.1 Å². The van der Waals surface area contributed by atoms with Gasteiger partial charge < -0.3 is 10.1 Å². The zero-order chi connectivity index (χ0) is 19.6. The molecular formula is C20H19ClFN3O2.